The number of benzene rings is 1. The molecule has 0 aliphatic carbocycles. The van der Waals surface area contributed by atoms with Crippen LogP contribution < -0.4 is 5.32 Å². The number of ether oxygens (including phenoxy) is 1. The second kappa shape index (κ2) is 10.2. The number of halogens is 1. The van der Waals surface area contributed by atoms with Crippen LogP contribution >= 0.6 is 11.8 Å². The molecule has 0 aromatic heterocycles. The van der Waals surface area contributed by atoms with Crippen molar-refractivity contribution in [2.45, 2.75) is 37.6 Å². The Morgan fingerprint density at radius 2 is 2.05 bits per heavy atom. The second-order valence-electron chi connectivity index (χ2n) is 4.47. The largest absolute Gasteiger partial charge is 0.380 e. The average molecular weight is 285 g/mol. The molecule has 0 amide bonds. The van der Waals surface area contributed by atoms with Crippen molar-refractivity contribution in [2.24, 2.45) is 0 Å². The Morgan fingerprint density at radius 1 is 1.26 bits per heavy atom. The molecule has 1 atom stereocenters. The van der Waals surface area contributed by atoms with Gasteiger partial charge in [0.1, 0.15) is 5.82 Å². The van der Waals surface area contributed by atoms with Crippen molar-refractivity contribution >= 4 is 11.8 Å². The lowest BCUT2D eigenvalue weighted by Gasteiger charge is -2.18. The minimum atomic E-state index is -0.142. The van der Waals surface area contributed by atoms with E-state index >= 15 is 0 Å². The summed E-state index contributed by atoms with van der Waals surface area (Å²) in [5.41, 5.74) is 0. The third kappa shape index (κ3) is 6.95. The Labute approximate surface area is 120 Å². The number of hydrogen-bond donors (Lipinski definition) is 1. The fraction of sp³-hybridized carbons (Fsp3) is 0.600. The van der Waals surface area contributed by atoms with Gasteiger partial charge in [-0.2, -0.15) is 0 Å². The molecule has 0 fully saturated rings. The molecule has 1 N–H and O–H groups in total. The van der Waals surface area contributed by atoms with E-state index in [1.807, 2.05) is 12.1 Å². The Morgan fingerprint density at radius 3 is 2.74 bits per heavy atom. The average Bonchev–Trinajstić information content (AvgIpc) is 2.43. The van der Waals surface area contributed by atoms with Crippen molar-refractivity contribution in [3.63, 3.8) is 0 Å². The van der Waals surface area contributed by atoms with E-state index in [2.05, 4.69) is 19.2 Å². The van der Waals surface area contributed by atoms with Crippen LogP contribution in [-0.4, -0.2) is 31.6 Å². The van der Waals surface area contributed by atoms with Crippen molar-refractivity contribution in [2.75, 3.05) is 25.5 Å². The monoisotopic (exact) mass is 285 g/mol. The highest BCUT2D eigenvalue weighted by atomic mass is 32.2. The van der Waals surface area contributed by atoms with E-state index in [0.717, 1.165) is 31.7 Å². The number of hydrogen-bond acceptors (Lipinski definition) is 3. The summed E-state index contributed by atoms with van der Waals surface area (Å²) in [5, 5.41) is 3.45. The Balaban J connectivity index is 2.40. The molecule has 1 aromatic carbocycles. The molecule has 1 rings (SSSR count). The standard InChI is InChI=1S/C15H24FNOS/c1-3-9-17-13(11-18-10-4-2)12-19-15-8-6-5-7-14(15)16/h5-8,13,17H,3-4,9-12H2,1-2H3. The van der Waals surface area contributed by atoms with E-state index in [4.69, 9.17) is 4.74 Å². The minimum absolute atomic E-state index is 0.142. The van der Waals surface area contributed by atoms with Gasteiger partial charge in [-0.15, -0.1) is 11.8 Å². The highest BCUT2D eigenvalue weighted by Gasteiger charge is 2.10. The maximum absolute atomic E-state index is 13.5. The summed E-state index contributed by atoms with van der Waals surface area (Å²) in [6.07, 6.45) is 2.12. The van der Waals surface area contributed by atoms with E-state index in [9.17, 15) is 4.39 Å². The molecule has 0 radical (unpaired) electrons. The maximum atomic E-state index is 13.5. The van der Waals surface area contributed by atoms with Gasteiger partial charge in [-0.1, -0.05) is 26.0 Å². The van der Waals surface area contributed by atoms with Crippen molar-refractivity contribution in [1.29, 1.82) is 0 Å². The zero-order valence-electron chi connectivity index (χ0n) is 11.8. The summed E-state index contributed by atoms with van der Waals surface area (Å²) >= 11 is 1.55. The first-order valence-corrected chi connectivity index (χ1v) is 7.95. The molecule has 0 aliphatic rings. The smallest absolute Gasteiger partial charge is 0.136 e. The highest BCUT2D eigenvalue weighted by molar-refractivity contribution is 7.99. The topological polar surface area (TPSA) is 21.3 Å². The third-order valence-electron chi connectivity index (χ3n) is 2.63. The third-order valence-corrected chi connectivity index (χ3v) is 3.84. The van der Waals surface area contributed by atoms with Crippen molar-refractivity contribution in [3.05, 3.63) is 30.1 Å². The summed E-state index contributed by atoms with van der Waals surface area (Å²) in [6, 6.07) is 7.19. The summed E-state index contributed by atoms with van der Waals surface area (Å²) in [4.78, 5) is 0.710. The Kier molecular flexibility index (Phi) is 8.88. The summed E-state index contributed by atoms with van der Waals surface area (Å²) in [5.74, 6) is 0.682. The van der Waals surface area contributed by atoms with E-state index in [0.29, 0.717) is 11.5 Å². The molecule has 2 nitrogen and oxygen atoms in total. The molecule has 0 heterocycles. The quantitative estimate of drug-likeness (QED) is 0.523. The van der Waals surface area contributed by atoms with Crippen LogP contribution in [0, 0.1) is 5.82 Å². The van der Waals surface area contributed by atoms with Gasteiger partial charge < -0.3 is 10.1 Å². The predicted octanol–water partition coefficient (Wildman–Crippen LogP) is 3.71. The van der Waals surface area contributed by atoms with Gasteiger partial charge in [-0.25, -0.2) is 4.39 Å². The van der Waals surface area contributed by atoms with Gasteiger partial charge in [0.25, 0.3) is 0 Å². The zero-order valence-corrected chi connectivity index (χ0v) is 12.6. The summed E-state index contributed by atoms with van der Waals surface area (Å²) in [7, 11) is 0. The van der Waals surface area contributed by atoms with E-state index in [1.54, 1.807) is 17.8 Å². The molecule has 0 saturated heterocycles. The van der Waals surface area contributed by atoms with E-state index in [-0.39, 0.29) is 11.9 Å². The van der Waals surface area contributed by atoms with Gasteiger partial charge in [0.15, 0.2) is 0 Å². The van der Waals surface area contributed by atoms with Gasteiger partial charge in [-0.3, -0.25) is 0 Å². The molecule has 1 aromatic rings. The zero-order chi connectivity index (χ0) is 13.9. The second-order valence-corrected chi connectivity index (χ2v) is 5.53. The summed E-state index contributed by atoms with van der Waals surface area (Å²) in [6.45, 7) is 6.69. The van der Waals surface area contributed by atoms with Crippen LogP contribution in [0.5, 0.6) is 0 Å². The predicted molar refractivity (Wildman–Crippen MR) is 80.3 cm³/mol. The van der Waals surface area contributed by atoms with Crippen molar-refractivity contribution in [1.82, 2.24) is 5.32 Å². The Bertz CT molecular complexity index is 349. The number of rotatable bonds is 10. The van der Waals surface area contributed by atoms with Crippen LogP contribution in [0.2, 0.25) is 0 Å². The summed E-state index contributed by atoms with van der Waals surface area (Å²) < 4.78 is 19.1. The van der Waals surface area contributed by atoms with E-state index < -0.39 is 0 Å². The first kappa shape index (κ1) is 16.5. The van der Waals surface area contributed by atoms with Crippen molar-refractivity contribution in [3.8, 4) is 0 Å². The SMILES string of the molecule is CCCNC(COCCC)CSc1ccccc1F. The molecule has 1 unspecified atom stereocenters. The van der Waals surface area contributed by atoms with Gasteiger partial charge in [0.2, 0.25) is 0 Å². The molecule has 19 heavy (non-hydrogen) atoms. The van der Waals surface area contributed by atoms with Crippen LogP contribution in [0.25, 0.3) is 0 Å². The fourth-order valence-corrected chi connectivity index (χ4v) is 2.61. The van der Waals surface area contributed by atoms with Gasteiger partial charge in [0, 0.05) is 23.3 Å². The highest BCUT2D eigenvalue weighted by Crippen LogP contribution is 2.21. The molecule has 0 saturated carbocycles. The number of nitrogens with one attached hydrogen (secondary N) is 1. The molecule has 0 aliphatic heterocycles. The Hall–Kier alpha value is -0.580. The van der Waals surface area contributed by atoms with Crippen LogP contribution in [0.1, 0.15) is 26.7 Å². The molecule has 108 valence electrons. The van der Waals surface area contributed by atoms with Crippen LogP contribution in [0.4, 0.5) is 4.39 Å². The molecule has 0 bridgehead atoms. The lowest BCUT2D eigenvalue weighted by atomic mass is 10.3. The minimum Gasteiger partial charge on any atom is -0.380 e. The van der Waals surface area contributed by atoms with Gasteiger partial charge >= 0.3 is 0 Å². The lowest BCUT2D eigenvalue weighted by molar-refractivity contribution is 0.117. The van der Waals surface area contributed by atoms with Crippen LogP contribution in [-0.2, 0) is 4.74 Å². The lowest BCUT2D eigenvalue weighted by Crippen LogP contribution is -2.36. The molecule has 0 spiro atoms. The molecule has 4 heteroatoms. The first-order valence-electron chi connectivity index (χ1n) is 6.96. The van der Waals surface area contributed by atoms with Crippen molar-refractivity contribution < 1.29 is 9.13 Å². The van der Waals surface area contributed by atoms with E-state index in [1.165, 1.54) is 6.07 Å². The molecular weight excluding hydrogens is 261 g/mol. The van der Waals surface area contributed by atoms with Crippen LogP contribution in [0.15, 0.2) is 29.2 Å². The molecular formula is C15H24FNOS. The van der Waals surface area contributed by atoms with Gasteiger partial charge in [0.05, 0.1) is 6.61 Å². The fourth-order valence-electron chi connectivity index (χ4n) is 1.64. The normalized spacial score (nSPS) is 12.6. The first-order chi connectivity index (χ1) is 9.27. The number of thioether (sulfide) groups is 1. The van der Waals surface area contributed by atoms with Crippen LogP contribution in [0.3, 0.4) is 0 Å². The maximum Gasteiger partial charge on any atom is 0.136 e. The van der Waals surface area contributed by atoms with Gasteiger partial charge in [-0.05, 0) is 31.5 Å².